The molecule has 1 fully saturated rings. The van der Waals surface area contributed by atoms with Crippen LogP contribution in [0, 0.1) is 6.92 Å². The number of rotatable bonds is 3. The first-order valence-electron chi connectivity index (χ1n) is 6.32. The third kappa shape index (κ3) is 2.92. The maximum absolute atomic E-state index is 11.9. The number of benzene rings is 1. The van der Waals surface area contributed by atoms with Crippen LogP contribution in [-0.2, 0) is 4.79 Å². The summed E-state index contributed by atoms with van der Waals surface area (Å²) >= 11 is 0. The van der Waals surface area contributed by atoms with Crippen molar-refractivity contribution in [3.8, 4) is 5.75 Å². The molecule has 0 unspecified atom stereocenters. The van der Waals surface area contributed by atoms with Crippen molar-refractivity contribution >= 4 is 12.0 Å². The zero-order valence-corrected chi connectivity index (χ0v) is 11.0. The molecule has 1 aliphatic heterocycles. The lowest BCUT2D eigenvalue weighted by atomic mass is 10.1. The predicted octanol–water partition coefficient (Wildman–Crippen LogP) is 2.64. The summed E-state index contributed by atoms with van der Waals surface area (Å²) in [4.78, 5) is 13.8. The molecule has 3 heteroatoms. The van der Waals surface area contributed by atoms with E-state index in [1.165, 1.54) is 0 Å². The number of aryl methyl sites for hydroxylation is 1. The van der Waals surface area contributed by atoms with Gasteiger partial charge in [-0.3, -0.25) is 4.79 Å². The van der Waals surface area contributed by atoms with E-state index in [1.54, 1.807) is 13.2 Å². The molecule has 1 amide bonds. The van der Waals surface area contributed by atoms with Crippen LogP contribution in [0.25, 0.3) is 6.08 Å². The molecule has 1 saturated heterocycles. The van der Waals surface area contributed by atoms with E-state index in [0.717, 1.165) is 42.8 Å². The monoisotopic (exact) mass is 245 g/mol. The molecule has 0 atom stereocenters. The normalized spacial score (nSPS) is 15.3. The average Bonchev–Trinajstić information content (AvgIpc) is 2.90. The first-order valence-corrected chi connectivity index (χ1v) is 6.32. The second kappa shape index (κ2) is 5.71. The Morgan fingerprint density at radius 1 is 1.33 bits per heavy atom. The second-order valence-corrected chi connectivity index (χ2v) is 4.61. The summed E-state index contributed by atoms with van der Waals surface area (Å²) in [6, 6.07) is 5.94. The lowest BCUT2D eigenvalue weighted by Crippen LogP contribution is -2.25. The molecule has 0 aromatic heterocycles. The van der Waals surface area contributed by atoms with Crippen LogP contribution in [0.2, 0.25) is 0 Å². The highest BCUT2D eigenvalue weighted by Gasteiger charge is 2.15. The number of nitrogens with zero attached hydrogens (tertiary/aromatic N) is 1. The molecule has 0 saturated carbocycles. The third-order valence-corrected chi connectivity index (χ3v) is 3.21. The van der Waals surface area contributed by atoms with E-state index < -0.39 is 0 Å². The Labute approximate surface area is 108 Å². The minimum absolute atomic E-state index is 0.0936. The van der Waals surface area contributed by atoms with Crippen LogP contribution in [0.1, 0.15) is 24.0 Å². The minimum atomic E-state index is 0.0936. The second-order valence-electron chi connectivity index (χ2n) is 4.61. The number of methoxy groups -OCH3 is 1. The van der Waals surface area contributed by atoms with Crippen LogP contribution in [0.3, 0.4) is 0 Å². The van der Waals surface area contributed by atoms with Gasteiger partial charge in [-0.15, -0.1) is 0 Å². The van der Waals surface area contributed by atoms with Crippen molar-refractivity contribution in [3.05, 3.63) is 35.4 Å². The predicted molar refractivity (Wildman–Crippen MR) is 72.6 cm³/mol. The van der Waals surface area contributed by atoms with E-state index in [4.69, 9.17) is 4.74 Å². The molecule has 1 aliphatic rings. The largest absolute Gasteiger partial charge is 0.496 e. The summed E-state index contributed by atoms with van der Waals surface area (Å²) in [5.41, 5.74) is 2.11. The Balaban J connectivity index is 2.12. The van der Waals surface area contributed by atoms with Crippen molar-refractivity contribution in [1.82, 2.24) is 4.90 Å². The van der Waals surface area contributed by atoms with Crippen LogP contribution in [0.4, 0.5) is 0 Å². The number of hydrogen-bond donors (Lipinski definition) is 0. The van der Waals surface area contributed by atoms with Crippen LogP contribution in [-0.4, -0.2) is 31.0 Å². The van der Waals surface area contributed by atoms with Crippen LogP contribution in [0.5, 0.6) is 5.75 Å². The highest BCUT2D eigenvalue weighted by atomic mass is 16.5. The zero-order valence-electron chi connectivity index (χ0n) is 11.0. The van der Waals surface area contributed by atoms with Crippen molar-refractivity contribution in [2.45, 2.75) is 19.8 Å². The minimum Gasteiger partial charge on any atom is -0.496 e. The van der Waals surface area contributed by atoms with E-state index in [2.05, 4.69) is 0 Å². The van der Waals surface area contributed by atoms with Gasteiger partial charge >= 0.3 is 0 Å². The number of hydrogen-bond acceptors (Lipinski definition) is 2. The van der Waals surface area contributed by atoms with Gasteiger partial charge in [0.05, 0.1) is 7.11 Å². The first kappa shape index (κ1) is 12.7. The molecule has 96 valence electrons. The average molecular weight is 245 g/mol. The Morgan fingerprint density at radius 2 is 2.06 bits per heavy atom. The van der Waals surface area contributed by atoms with Crippen molar-refractivity contribution in [2.24, 2.45) is 0 Å². The van der Waals surface area contributed by atoms with Gasteiger partial charge in [-0.2, -0.15) is 0 Å². The quantitative estimate of drug-likeness (QED) is 0.766. The Kier molecular flexibility index (Phi) is 4.03. The van der Waals surface area contributed by atoms with Crippen LogP contribution < -0.4 is 4.74 Å². The van der Waals surface area contributed by atoms with Gasteiger partial charge in [0.1, 0.15) is 5.75 Å². The summed E-state index contributed by atoms with van der Waals surface area (Å²) in [6.45, 7) is 3.79. The SMILES string of the molecule is COc1ccc(C)cc1/C=C/C(=O)N1CCCC1. The molecular formula is C15H19NO2. The summed E-state index contributed by atoms with van der Waals surface area (Å²) in [5.74, 6) is 0.891. The van der Waals surface area contributed by atoms with Crippen molar-refractivity contribution in [2.75, 3.05) is 20.2 Å². The van der Waals surface area contributed by atoms with Gasteiger partial charge in [0.25, 0.3) is 0 Å². The van der Waals surface area contributed by atoms with E-state index in [0.29, 0.717) is 0 Å². The van der Waals surface area contributed by atoms with Crippen molar-refractivity contribution < 1.29 is 9.53 Å². The lowest BCUT2D eigenvalue weighted by Gasteiger charge is -2.12. The van der Waals surface area contributed by atoms with Crippen LogP contribution >= 0.6 is 0 Å². The number of amides is 1. The molecule has 2 rings (SSSR count). The highest BCUT2D eigenvalue weighted by Crippen LogP contribution is 2.21. The van der Waals surface area contributed by atoms with Gasteiger partial charge in [-0.1, -0.05) is 11.6 Å². The molecule has 0 aliphatic carbocycles. The third-order valence-electron chi connectivity index (χ3n) is 3.21. The molecule has 0 bridgehead atoms. The first-order chi connectivity index (χ1) is 8.70. The number of carbonyl (C=O) groups excluding carboxylic acids is 1. The topological polar surface area (TPSA) is 29.5 Å². The number of ether oxygens (including phenoxy) is 1. The van der Waals surface area contributed by atoms with Gasteiger partial charge in [0.15, 0.2) is 0 Å². The fraction of sp³-hybridized carbons (Fsp3) is 0.400. The van der Waals surface area contributed by atoms with E-state index >= 15 is 0 Å². The zero-order chi connectivity index (χ0) is 13.0. The summed E-state index contributed by atoms with van der Waals surface area (Å²) in [5, 5.41) is 0. The fourth-order valence-corrected chi connectivity index (χ4v) is 2.19. The molecular weight excluding hydrogens is 226 g/mol. The van der Waals surface area contributed by atoms with Gasteiger partial charge in [0, 0.05) is 24.7 Å². The van der Waals surface area contributed by atoms with E-state index in [9.17, 15) is 4.79 Å². The molecule has 1 aromatic rings. The molecule has 0 spiro atoms. The molecule has 1 heterocycles. The number of likely N-dealkylation sites (tertiary alicyclic amines) is 1. The fourth-order valence-electron chi connectivity index (χ4n) is 2.19. The van der Waals surface area contributed by atoms with Crippen LogP contribution in [0.15, 0.2) is 24.3 Å². The van der Waals surface area contributed by atoms with Gasteiger partial charge in [-0.05, 0) is 38.0 Å². The van der Waals surface area contributed by atoms with Gasteiger partial charge < -0.3 is 9.64 Å². The molecule has 18 heavy (non-hydrogen) atoms. The van der Waals surface area contributed by atoms with E-state index in [-0.39, 0.29) is 5.91 Å². The maximum Gasteiger partial charge on any atom is 0.246 e. The standard InChI is InChI=1S/C15H19NO2/c1-12-5-7-14(18-2)13(11-12)6-8-15(17)16-9-3-4-10-16/h5-8,11H,3-4,9-10H2,1-2H3/b8-6+. The van der Waals surface area contributed by atoms with Crippen molar-refractivity contribution in [3.63, 3.8) is 0 Å². The van der Waals surface area contributed by atoms with Gasteiger partial charge in [-0.25, -0.2) is 0 Å². The molecule has 3 nitrogen and oxygen atoms in total. The molecule has 0 radical (unpaired) electrons. The van der Waals surface area contributed by atoms with Crippen molar-refractivity contribution in [1.29, 1.82) is 0 Å². The van der Waals surface area contributed by atoms with Gasteiger partial charge in [0.2, 0.25) is 5.91 Å². The maximum atomic E-state index is 11.9. The Hall–Kier alpha value is -1.77. The summed E-state index contributed by atoms with van der Waals surface area (Å²) in [7, 11) is 1.64. The Morgan fingerprint density at radius 3 is 2.72 bits per heavy atom. The lowest BCUT2D eigenvalue weighted by molar-refractivity contribution is -0.124. The number of carbonyl (C=O) groups is 1. The summed E-state index contributed by atoms with van der Waals surface area (Å²) in [6.07, 6.45) is 5.72. The Bertz CT molecular complexity index is 460. The smallest absolute Gasteiger partial charge is 0.246 e. The highest BCUT2D eigenvalue weighted by molar-refractivity contribution is 5.92. The molecule has 1 aromatic carbocycles. The summed E-state index contributed by atoms with van der Waals surface area (Å²) < 4.78 is 5.28. The van der Waals surface area contributed by atoms with E-state index in [1.807, 2.05) is 36.1 Å². The molecule has 0 N–H and O–H groups in total.